The first-order chi connectivity index (χ1) is 14.0. The third-order valence-corrected chi connectivity index (χ3v) is 5.44. The van der Waals surface area contributed by atoms with Crippen molar-refractivity contribution >= 4 is 40.9 Å². The molecule has 0 radical (unpaired) electrons. The van der Waals surface area contributed by atoms with Crippen LogP contribution < -0.4 is 0 Å². The molecule has 3 atom stereocenters. The zero-order valence-corrected chi connectivity index (χ0v) is 17.4. The number of rotatable bonds is 9. The van der Waals surface area contributed by atoms with Crippen LogP contribution in [0.4, 0.5) is 5.69 Å². The highest BCUT2D eigenvalue weighted by molar-refractivity contribution is 6.31. The Kier molecular flexibility index (Phi) is 7.14. The van der Waals surface area contributed by atoms with Gasteiger partial charge in [0.15, 0.2) is 0 Å². The number of nitro groups is 1. The maximum Gasteiger partial charge on any atom is 0.344 e. The molecule has 0 spiro atoms. The van der Waals surface area contributed by atoms with Crippen LogP contribution in [0, 0.1) is 15.5 Å². The number of esters is 2. The quantitative estimate of drug-likeness (QED) is 0.108. The molecule has 3 unspecified atom stereocenters. The highest BCUT2D eigenvalue weighted by Gasteiger charge is 2.58. The second-order valence-electron chi connectivity index (χ2n) is 6.87. The van der Waals surface area contributed by atoms with Crippen LogP contribution in [0.25, 0.3) is 0 Å². The zero-order valence-electron chi connectivity index (χ0n) is 16.6. The van der Waals surface area contributed by atoms with E-state index in [2.05, 4.69) is 0 Å². The van der Waals surface area contributed by atoms with E-state index in [1.807, 2.05) is 0 Å². The summed E-state index contributed by atoms with van der Waals surface area (Å²) in [5.74, 6) is -2.79. The van der Waals surface area contributed by atoms with Crippen molar-refractivity contribution in [2.45, 2.75) is 45.3 Å². The van der Waals surface area contributed by atoms with E-state index < -0.39 is 45.5 Å². The molecule has 30 heavy (non-hydrogen) atoms. The fourth-order valence-corrected chi connectivity index (χ4v) is 3.35. The van der Waals surface area contributed by atoms with E-state index in [-0.39, 0.29) is 25.3 Å². The average Bonchev–Trinajstić information content (AvgIpc) is 2.69. The molecule has 10 nitrogen and oxygen atoms in total. The lowest BCUT2D eigenvalue weighted by molar-refractivity contribution is -0.384. The van der Waals surface area contributed by atoms with Crippen LogP contribution in [0.5, 0.6) is 0 Å². The summed E-state index contributed by atoms with van der Waals surface area (Å²) < 4.78 is 10.1. The third-order valence-electron chi connectivity index (χ3n) is 5.06. The summed E-state index contributed by atoms with van der Waals surface area (Å²) in [4.78, 5) is 60.1. The molecule has 1 aromatic carbocycles. The summed E-state index contributed by atoms with van der Waals surface area (Å²) in [6.45, 7) is 3.96. The Morgan fingerprint density at radius 2 is 1.90 bits per heavy atom. The summed E-state index contributed by atoms with van der Waals surface area (Å²) in [7, 11) is 0. The molecule has 0 aromatic heterocycles. The Labute approximate surface area is 177 Å². The topological polar surface area (TPSA) is 133 Å². The molecule has 2 rings (SSSR count). The summed E-state index contributed by atoms with van der Waals surface area (Å²) in [5, 5.41) is 10.7. The highest BCUT2D eigenvalue weighted by atomic mass is 35.5. The van der Waals surface area contributed by atoms with Gasteiger partial charge in [0, 0.05) is 18.6 Å². The molecule has 0 N–H and O–H groups in total. The number of nitrogens with zero attached hydrogens (tertiary/aromatic N) is 2. The smallest absolute Gasteiger partial charge is 0.344 e. The van der Waals surface area contributed by atoms with Gasteiger partial charge in [0.1, 0.15) is 17.8 Å². The number of carbonyl (C=O) groups excluding carboxylic acids is 4. The molecule has 0 bridgehead atoms. The van der Waals surface area contributed by atoms with Gasteiger partial charge in [-0.3, -0.25) is 24.5 Å². The number of non-ortho nitro benzene ring substituents is 1. The Balaban J connectivity index is 2.09. The lowest BCUT2D eigenvalue weighted by Crippen LogP contribution is -2.67. The van der Waals surface area contributed by atoms with Crippen LogP contribution >= 0.6 is 11.6 Å². The summed E-state index contributed by atoms with van der Waals surface area (Å²) in [6.07, 6.45) is -0.145. The number of Topliss-reactive ketones (excluding diaryl/α,β-unsaturated/α-hetero) is 1. The van der Waals surface area contributed by atoms with Gasteiger partial charge in [-0.15, -0.1) is 0 Å². The Morgan fingerprint density at radius 3 is 2.37 bits per heavy atom. The van der Waals surface area contributed by atoms with E-state index in [0.29, 0.717) is 5.56 Å². The van der Waals surface area contributed by atoms with Crippen molar-refractivity contribution in [1.29, 1.82) is 0 Å². The number of β-lactam (4-membered cyclic amide) rings is 1. The van der Waals surface area contributed by atoms with Gasteiger partial charge >= 0.3 is 11.9 Å². The Hall–Kier alpha value is -3.01. The molecule has 1 heterocycles. The SMILES string of the molecule is CCOC(=O)C(C)(C(C)=O)C1CC(=O)N1C(Cl)C(=O)OCc1ccc([N+](=O)[O-])cc1. The van der Waals surface area contributed by atoms with Crippen LogP contribution in [-0.2, 0) is 35.3 Å². The summed E-state index contributed by atoms with van der Waals surface area (Å²) >= 11 is 6.13. The lowest BCUT2D eigenvalue weighted by Gasteiger charge is -2.48. The van der Waals surface area contributed by atoms with Crippen molar-refractivity contribution in [3.8, 4) is 0 Å². The normalized spacial score (nSPS) is 18.6. The molecule has 11 heteroatoms. The molecular formula is C19H21ClN2O8. The van der Waals surface area contributed by atoms with Crippen LogP contribution in [0.2, 0.25) is 0 Å². The molecule has 1 amide bonds. The van der Waals surface area contributed by atoms with Gasteiger partial charge < -0.3 is 14.4 Å². The van der Waals surface area contributed by atoms with Gasteiger partial charge in [0.05, 0.1) is 17.6 Å². The minimum Gasteiger partial charge on any atom is -0.465 e. The predicted octanol–water partition coefficient (Wildman–Crippen LogP) is 1.96. The number of ketones is 1. The van der Waals surface area contributed by atoms with E-state index in [0.717, 1.165) is 4.90 Å². The van der Waals surface area contributed by atoms with Gasteiger partial charge in [-0.25, -0.2) is 4.79 Å². The largest absolute Gasteiger partial charge is 0.465 e. The van der Waals surface area contributed by atoms with Gasteiger partial charge in [-0.1, -0.05) is 11.6 Å². The Bertz CT molecular complexity index is 872. The molecular weight excluding hydrogens is 420 g/mol. The summed E-state index contributed by atoms with van der Waals surface area (Å²) in [6, 6.07) is 4.40. The predicted molar refractivity (Wildman–Crippen MR) is 103 cm³/mol. The van der Waals surface area contributed by atoms with Gasteiger partial charge in [0.2, 0.25) is 11.4 Å². The van der Waals surface area contributed by atoms with E-state index in [1.165, 1.54) is 38.1 Å². The van der Waals surface area contributed by atoms with Crippen LogP contribution in [0.3, 0.4) is 0 Å². The molecule has 162 valence electrons. The Morgan fingerprint density at radius 1 is 1.30 bits per heavy atom. The maximum absolute atomic E-state index is 12.4. The van der Waals surface area contributed by atoms with Crippen LogP contribution in [-0.4, -0.2) is 51.6 Å². The maximum atomic E-state index is 12.4. The minimum absolute atomic E-state index is 0.0456. The molecule has 0 saturated carbocycles. The number of benzene rings is 1. The fraction of sp³-hybridized carbons (Fsp3) is 0.474. The van der Waals surface area contributed by atoms with E-state index in [1.54, 1.807) is 6.92 Å². The second-order valence-corrected chi connectivity index (χ2v) is 7.28. The fourth-order valence-electron chi connectivity index (χ4n) is 3.04. The highest BCUT2D eigenvalue weighted by Crippen LogP contribution is 2.40. The van der Waals surface area contributed by atoms with Crippen molar-refractivity contribution in [2.24, 2.45) is 5.41 Å². The molecule has 1 aliphatic rings. The van der Waals surface area contributed by atoms with Crippen LogP contribution in [0.1, 0.15) is 32.8 Å². The van der Waals surface area contributed by atoms with Gasteiger partial charge in [-0.05, 0) is 38.5 Å². The monoisotopic (exact) mass is 440 g/mol. The molecule has 1 saturated heterocycles. The first-order valence-corrected chi connectivity index (χ1v) is 9.51. The standard InChI is InChI=1S/C19H21ClN2O8/c1-4-29-18(26)19(3,11(2)23)14-9-15(24)21(14)16(20)17(25)30-10-12-5-7-13(8-6-12)22(27)28/h5-8,14,16H,4,9-10H2,1-3H3. The van der Waals surface area contributed by atoms with Crippen molar-refractivity contribution in [3.63, 3.8) is 0 Å². The molecule has 1 aliphatic heterocycles. The van der Waals surface area contributed by atoms with E-state index >= 15 is 0 Å². The van der Waals surface area contributed by atoms with Crippen molar-refractivity contribution in [3.05, 3.63) is 39.9 Å². The number of halogens is 1. The minimum atomic E-state index is -1.67. The number of carbonyl (C=O) groups is 4. The first-order valence-electron chi connectivity index (χ1n) is 9.07. The van der Waals surface area contributed by atoms with Crippen LogP contribution in [0.15, 0.2) is 24.3 Å². The number of alkyl halides is 1. The number of ether oxygens (including phenoxy) is 2. The first kappa shape index (κ1) is 23.3. The van der Waals surface area contributed by atoms with Crippen molar-refractivity contribution in [1.82, 2.24) is 4.90 Å². The third kappa shape index (κ3) is 4.43. The number of likely N-dealkylation sites (tertiary alicyclic amines) is 1. The van der Waals surface area contributed by atoms with Gasteiger partial charge in [-0.2, -0.15) is 0 Å². The van der Waals surface area contributed by atoms with E-state index in [4.69, 9.17) is 21.1 Å². The second kappa shape index (κ2) is 9.21. The van der Waals surface area contributed by atoms with Gasteiger partial charge in [0.25, 0.3) is 5.69 Å². The molecule has 0 aliphatic carbocycles. The average molecular weight is 441 g/mol. The number of hydrogen-bond acceptors (Lipinski definition) is 8. The number of amides is 1. The molecule has 1 aromatic rings. The van der Waals surface area contributed by atoms with E-state index in [9.17, 15) is 29.3 Å². The summed E-state index contributed by atoms with van der Waals surface area (Å²) in [5.41, 5.74) is -2.86. The molecule has 1 fully saturated rings. The zero-order chi connectivity index (χ0) is 22.6. The lowest BCUT2D eigenvalue weighted by atomic mass is 9.72. The van der Waals surface area contributed by atoms with Crippen molar-refractivity contribution in [2.75, 3.05) is 6.61 Å². The number of hydrogen-bond donors (Lipinski definition) is 0. The van der Waals surface area contributed by atoms with Crippen molar-refractivity contribution < 1.29 is 33.6 Å². The number of nitro benzene ring substituents is 1.